The van der Waals surface area contributed by atoms with Gasteiger partial charge in [0.2, 0.25) is 0 Å². The molecular formula is C27H35FN6O3. The fourth-order valence-electron chi connectivity index (χ4n) is 5.39. The first-order valence-electron chi connectivity index (χ1n) is 13.0. The zero-order valence-electron chi connectivity index (χ0n) is 21.7. The van der Waals surface area contributed by atoms with Gasteiger partial charge in [0.25, 0.3) is 0 Å². The maximum Gasteiger partial charge on any atom is 0.320 e. The summed E-state index contributed by atoms with van der Waals surface area (Å²) in [5.74, 6) is -0.402. The number of dihydropyridines is 1. The molecule has 0 bridgehead atoms. The highest BCUT2D eigenvalue weighted by Gasteiger charge is 2.31. The second-order valence-electron chi connectivity index (χ2n) is 9.70. The largest absolute Gasteiger partial charge is 0.381 e. The smallest absolute Gasteiger partial charge is 0.320 e. The molecule has 2 atom stereocenters. The third kappa shape index (κ3) is 5.00. The molecule has 1 fully saturated rings. The number of aromatic nitrogens is 3. The standard InChI is InChI=1S/C27H35FN6O3/c1-4-6-24(33-12-5-11-32(2)27(33)35)22-15-18(7-10-29-22)25-20-8-13-37-14-9-23(20)34(31-25)19-16-21(28)26(36-3)30-17-19/h7,10,15-17,24,26,30H,4-6,8-9,11-14H2,1-3H3. The molecule has 3 aliphatic rings. The van der Waals surface area contributed by atoms with Crippen LogP contribution in [0.15, 0.2) is 36.4 Å². The molecule has 2 amide bonds. The van der Waals surface area contributed by atoms with Crippen molar-refractivity contribution in [1.82, 2.24) is 29.9 Å². The summed E-state index contributed by atoms with van der Waals surface area (Å²) in [5.41, 5.74) is 5.35. The van der Waals surface area contributed by atoms with E-state index >= 15 is 0 Å². The Bertz CT molecular complexity index is 1210. The Morgan fingerprint density at radius 2 is 2.14 bits per heavy atom. The van der Waals surface area contributed by atoms with E-state index in [1.54, 1.807) is 17.3 Å². The van der Waals surface area contributed by atoms with E-state index < -0.39 is 12.1 Å². The minimum atomic E-state index is -0.796. The number of ether oxygens (including phenoxy) is 2. The second kappa shape index (κ2) is 11.0. The number of methoxy groups -OCH3 is 1. The zero-order chi connectivity index (χ0) is 25.9. The summed E-state index contributed by atoms with van der Waals surface area (Å²) in [6.45, 7) is 4.81. The lowest BCUT2D eigenvalue weighted by molar-refractivity contribution is 0.0947. The lowest BCUT2D eigenvalue weighted by atomic mass is 9.99. The third-order valence-corrected chi connectivity index (χ3v) is 7.27. The summed E-state index contributed by atoms with van der Waals surface area (Å²) in [7, 11) is 3.31. The number of rotatable bonds is 7. The highest BCUT2D eigenvalue weighted by molar-refractivity contribution is 5.75. The first-order valence-corrected chi connectivity index (χ1v) is 13.0. The summed E-state index contributed by atoms with van der Waals surface area (Å²) in [6, 6.07) is 3.97. The van der Waals surface area contributed by atoms with Gasteiger partial charge in [-0.3, -0.25) is 4.98 Å². The Hall–Kier alpha value is -3.24. The van der Waals surface area contributed by atoms with Crippen LogP contribution in [-0.2, 0) is 22.3 Å². The lowest BCUT2D eigenvalue weighted by Gasteiger charge is -2.38. The summed E-state index contributed by atoms with van der Waals surface area (Å²) in [5, 5.41) is 7.93. The number of urea groups is 1. The van der Waals surface area contributed by atoms with Crippen molar-refractivity contribution in [2.24, 2.45) is 0 Å². The quantitative estimate of drug-likeness (QED) is 0.609. The summed E-state index contributed by atoms with van der Waals surface area (Å²) < 4.78 is 27.3. The molecule has 5 rings (SSSR count). The minimum absolute atomic E-state index is 0.0482. The van der Waals surface area contributed by atoms with Gasteiger partial charge in [-0.2, -0.15) is 5.10 Å². The van der Waals surface area contributed by atoms with Gasteiger partial charge in [-0.25, -0.2) is 13.9 Å². The number of carbonyl (C=O) groups excluding carboxylic acids is 1. The Labute approximate surface area is 216 Å². The number of allylic oxidation sites excluding steroid dienone is 2. The molecule has 2 unspecified atom stereocenters. The van der Waals surface area contributed by atoms with Crippen LogP contribution in [-0.4, -0.2) is 77.3 Å². The topological polar surface area (TPSA) is 84.8 Å². The molecule has 198 valence electrons. The van der Waals surface area contributed by atoms with Gasteiger partial charge in [0, 0.05) is 63.3 Å². The van der Waals surface area contributed by atoms with Gasteiger partial charge >= 0.3 is 6.03 Å². The van der Waals surface area contributed by atoms with Gasteiger partial charge < -0.3 is 24.6 Å². The highest BCUT2D eigenvalue weighted by atomic mass is 19.1. The first kappa shape index (κ1) is 25.4. The normalized spacial score (nSPS) is 21.1. The summed E-state index contributed by atoms with van der Waals surface area (Å²) >= 11 is 0. The molecule has 5 heterocycles. The first-order chi connectivity index (χ1) is 18.0. The fraction of sp³-hybridized carbons (Fsp3) is 0.519. The maximum atomic E-state index is 14.6. The van der Waals surface area contributed by atoms with Gasteiger partial charge in [-0.1, -0.05) is 13.3 Å². The Morgan fingerprint density at radius 1 is 1.30 bits per heavy atom. The number of nitrogens with one attached hydrogen (secondary N) is 1. The molecule has 2 aromatic rings. The van der Waals surface area contributed by atoms with Crippen molar-refractivity contribution >= 4 is 11.7 Å². The van der Waals surface area contributed by atoms with E-state index in [2.05, 4.69) is 18.3 Å². The molecule has 0 radical (unpaired) electrons. The number of hydrogen-bond acceptors (Lipinski definition) is 6. The predicted molar refractivity (Wildman–Crippen MR) is 138 cm³/mol. The van der Waals surface area contributed by atoms with Crippen molar-refractivity contribution in [3.05, 3.63) is 53.4 Å². The lowest BCUT2D eigenvalue weighted by Crippen LogP contribution is -2.48. The monoisotopic (exact) mass is 510 g/mol. The van der Waals surface area contributed by atoms with E-state index in [1.807, 2.05) is 22.7 Å². The van der Waals surface area contributed by atoms with Crippen molar-refractivity contribution in [2.75, 3.05) is 40.5 Å². The Morgan fingerprint density at radius 3 is 2.92 bits per heavy atom. The van der Waals surface area contributed by atoms with Crippen LogP contribution in [0.25, 0.3) is 17.0 Å². The summed E-state index contributed by atoms with van der Waals surface area (Å²) in [4.78, 5) is 21.4. The number of amides is 2. The average molecular weight is 511 g/mol. The van der Waals surface area contributed by atoms with E-state index in [-0.39, 0.29) is 12.1 Å². The van der Waals surface area contributed by atoms with E-state index in [0.717, 1.165) is 60.6 Å². The van der Waals surface area contributed by atoms with Crippen LogP contribution in [0.5, 0.6) is 0 Å². The van der Waals surface area contributed by atoms with Crippen LogP contribution in [0.1, 0.15) is 49.2 Å². The Balaban J connectivity index is 1.54. The van der Waals surface area contributed by atoms with Gasteiger partial charge in [0.05, 0.1) is 42.0 Å². The number of carbonyl (C=O) groups is 1. The van der Waals surface area contributed by atoms with Crippen LogP contribution in [0, 0.1) is 0 Å². The number of pyridine rings is 1. The van der Waals surface area contributed by atoms with Crippen LogP contribution >= 0.6 is 0 Å². The van der Waals surface area contributed by atoms with Crippen LogP contribution in [0.3, 0.4) is 0 Å². The van der Waals surface area contributed by atoms with Gasteiger partial charge in [0.15, 0.2) is 12.1 Å². The van der Waals surface area contributed by atoms with Crippen LogP contribution < -0.4 is 5.32 Å². The molecule has 0 aromatic carbocycles. The molecule has 10 heteroatoms. The van der Waals surface area contributed by atoms with Crippen molar-refractivity contribution in [1.29, 1.82) is 0 Å². The minimum Gasteiger partial charge on any atom is -0.381 e. The number of halogens is 1. The van der Waals surface area contributed by atoms with Gasteiger partial charge in [0.1, 0.15) is 0 Å². The zero-order valence-corrected chi connectivity index (χ0v) is 21.7. The van der Waals surface area contributed by atoms with Gasteiger partial charge in [-0.05, 0) is 31.4 Å². The van der Waals surface area contributed by atoms with E-state index in [1.165, 1.54) is 13.2 Å². The van der Waals surface area contributed by atoms with Crippen molar-refractivity contribution in [2.45, 2.75) is 51.3 Å². The van der Waals surface area contributed by atoms with Crippen molar-refractivity contribution < 1.29 is 18.7 Å². The molecule has 2 aromatic heterocycles. The van der Waals surface area contributed by atoms with Gasteiger partial charge in [-0.15, -0.1) is 0 Å². The van der Waals surface area contributed by atoms with Crippen LogP contribution in [0.4, 0.5) is 9.18 Å². The van der Waals surface area contributed by atoms with E-state index in [0.29, 0.717) is 31.8 Å². The fourth-order valence-corrected chi connectivity index (χ4v) is 5.39. The second-order valence-corrected chi connectivity index (χ2v) is 9.70. The number of hydrogen-bond donors (Lipinski definition) is 1. The molecule has 1 saturated heterocycles. The maximum absolute atomic E-state index is 14.6. The molecule has 0 spiro atoms. The molecule has 0 aliphatic carbocycles. The number of fused-ring (bicyclic) bond motifs is 1. The molecule has 9 nitrogen and oxygen atoms in total. The van der Waals surface area contributed by atoms with Crippen LogP contribution in [0.2, 0.25) is 0 Å². The van der Waals surface area contributed by atoms with E-state index in [4.69, 9.17) is 19.6 Å². The molecule has 1 N–H and O–H groups in total. The third-order valence-electron chi connectivity index (χ3n) is 7.27. The van der Waals surface area contributed by atoms with Crippen molar-refractivity contribution in [3.8, 4) is 11.3 Å². The molecule has 3 aliphatic heterocycles. The SMILES string of the molecule is CCCC(c1cc(-c2nn(C3=CNC(OC)C(F)=C3)c3c2CCOCC3)ccn1)N1CCCN(C)C1=O. The predicted octanol–water partition coefficient (Wildman–Crippen LogP) is 3.89. The number of nitrogens with zero attached hydrogens (tertiary/aromatic N) is 5. The molecular weight excluding hydrogens is 475 g/mol. The highest BCUT2D eigenvalue weighted by Crippen LogP contribution is 2.34. The molecule has 37 heavy (non-hydrogen) atoms. The summed E-state index contributed by atoms with van der Waals surface area (Å²) in [6.07, 6.45) is 8.29. The van der Waals surface area contributed by atoms with E-state index in [9.17, 15) is 9.18 Å². The Kier molecular flexibility index (Phi) is 7.57. The average Bonchev–Trinajstić information content (AvgIpc) is 3.09. The molecule has 0 saturated carbocycles. The van der Waals surface area contributed by atoms with Crippen molar-refractivity contribution in [3.63, 3.8) is 0 Å².